The summed E-state index contributed by atoms with van der Waals surface area (Å²) in [6.45, 7) is 5.25. The minimum atomic E-state index is 0.390. The predicted molar refractivity (Wildman–Crippen MR) is 70.3 cm³/mol. The van der Waals surface area contributed by atoms with E-state index in [-0.39, 0.29) is 0 Å². The summed E-state index contributed by atoms with van der Waals surface area (Å²) in [5, 5.41) is 8.69. The Hall–Kier alpha value is -0.570. The van der Waals surface area contributed by atoms with Gasteiger partial charge in [0.15, 0.2) is 0 Å². The van der Waals surface area contributed by atoms with Crippen LogP contribution in [0.1, 0.15) is 64.1 Å². The number of halogens is 1. The van der Waals surface area contributed by atoms with E-state index >= 15 is 0 Å². The van der Waals surface area contributed by atoms with Gasteiger partial charge in [-0.15, -0.1) is 10.2 Å². The predicted octanol–water partition coefficient (Wildman–Crippen LogP) is 4.03. The molecule has 3 nitrogen and oxygen atoms in total. The molecule has 0 amide bonds. The number of aromatic nitrogens is 3. The third-order valence-electron chi connectivity index (χ3n) is 3.74. The summed E-state index contributed by atoms with van der Waals surface area (Å²) in [5.74, 6) is 2.29. The fourth-order valence-electron chi connectivity index (χ4n) is 2.72. The molecule has 0 bridgehead atoms. The van der Waals surface area contributed by atoms with Crippen molar-refractivity contribution >= 4 is 11.6 Å². The molecule has 0 atom stereocenters. The van der Waals surface area contributed by atoms with Crippen LogP contribution in [0.15, 0.2) is 0 Å². The Labute approximate surface area is 109 Å². The lowest BCUT2D eigenvalue weighted by molar-refractivity contribution is 0.322. The van der Waals surface area contributed by atoms with Crippen LogP contribution in [-0.2, 0) is 6.54 Å². The lowest BCUT2D eigenvalue weighted by Crippen LogP contribution is -2.12. The summed E-state index contributed by atoms with van der Waals surface area (Å²) in [4.78, 5) is 0. The van der Waals surface area contributed by atoms with Crippen molar-refractivity contribution in [2.75, 3.05) is 0 Å². The maximum atomic E-state index is 6.10. The Bertz CT molecular complexity index is 354. The molecule has 0 aromatic carbocycles. The highest BCUT2D eigenvalue weighted by atomic mass is 35.5. The van der Waals surface area contributed by atoms with E-state index in [4.69, 9.17) is 11.6 Å². The van der Waals surface area contributed by atoms with E-state index in [1.54, 1.807) is 0 Å². The van der Waals surface area contributed by atoms with Gasteiger partial charge in [-0.2, -0.15) is 0 Å². The Morgan fingerprint density at radius 1 is 1.24 bits per heavy atom. The van der Waals surface area contributed by atoms with Gasteiger partial charge in [0.05, 0.1) is 0 Å². The van der Waals surface area contributed by atoms with Gasteiger partial charge in [0.1, 0.15) is 5.82 Å². The molecule has 1 aliphatic carbocycles. The maximum Gasteiger partial charge on any atom is 0.225 e. The second kappa shape index (κ2) is 5.85. The van der Waals surface area contributed by atoms with Crippen LogP contribution in [0, 0.1) is 5.92 Å². The minimum absolute atomic E-state index is 0.390. The first kappa shape index (κ1) is 12.9. The first-order chi connectivity index (χ1) is 8.18. The van der Waals surface area contributed by atoms with E-state index in [0.717, 1.165) is 18.3 Å². The topological polar surface area (TPSA) is 30.7 Å². The lowest BCUT2D eigenvalue weighted by Gasteiger charge is -2.22. The van der Waals surface area contributed by atoms with Gasteiger partial charge in [-0.3, -0.25) is 0 Å². The Morgan fingerprint density at radius 2 is 1.94 bits per heavy atom. The van der Waals surface area contributed by atoms with Gasteiger partial charge in [-0.05, 0) is 23.9 Å². The standard InChI is InChI=1S/C13H22ClN3/c1-10(2)12-15-16-13(14)17(12)9-8-11-6-4-3-5-7-11/h10-11H,3-9H2,1-2H3. The number of rotatable bonds is 4. The highest BCUT2D eigenvalue weighted by Gasteiger charge is 2.17. The quantitative estimate of drug-likeness (QED) is 0.813. The Balaban J connectivity index is 1.95. The maximum absolute atomic E-state index is 6.10. The van der Waals surface area contributed by atoms with Crippen LogP contribution in [0.4, 0.5) is 0 Å². The van der Waals surface area contributed by atoms with Crippen molar-refractivity contribution in [3.63, 3.8) is 0 Å². The van der Waals surface area contributed by atoms with Gasteiger partial charge in [0.25, 0.3) is 0 Å². The molecule has 0 radical (unpaired) electrons. The van der Waals surface area contributed by atoms with Gasteiger partial charge in [-0.1, -0.05) is 46.0 Å². The molecule has 4 heteroatoms. The third kappa shape index (κ3) is 3.21. The summed E-state index contributed by atoms with van der Waals surface area (Å²) in [7, 11) is 0. The molecule has 1 aromatic rings. The number of hydrogen-bond acceptors (Lipinski definition) is 2. The third-order valence-corrected chi connectivity index (χ3v) is 4.02. The van der Waals surface area contributed by atoms with Gasteiger partial charge in [0.2, 0.25) is 5.28 Å². The first-order valence-corrected chi connectivity index (χ1v) is 7.15. The van der Waals surface area contributed by atoms with Crippen molar-refractivity contribution in [1.82, 2.24) is 14.8 Å². The fourth-order valence-corrected chi connectivity index (χ4v) is 2.93. The van der Waals surface area contributed by atoms with Gasteiger partial charge < -0.3 is 4.57 Å². The SMILES string of the molecule is CC(C)c1nnc(Cl)n1CCC1CCCCC1. The zero-order valence-electron chi connectivity index (χ0n) is 10.8. The van der Waals surface area contributed by atoms with E-state index in [2.05, 4.69) is 28.6 Å². The van der Waals surface area contributed by atoms with Gasteiger partial charge in [0, 0.05) is 12.5 Å². The van der Waals surface area contributed by atoms with Crippen molar-refractivity contribution in [3.8, 4) is 0 Å². The summed E-state index contributed by atoms with van der Waals surface area (Å²) < 4.78 is 2.08. The Morgan fingerprint density at radius 3 is 2.59 bits per heavy atom. The van der Waals surface area contributed by atoms with Crippen molar-refractivity contribution in [1.29, 1.82) is 0 Å². The van der Waals surface area contributed by atoms with Crippen molar-refractivity contribution in [3.05, 3.63) is 11.1 Å². The molecule has 0 saturated heterocycles. The van der Waals surface area contributed by atoms with E-state index in [1.807, 2.05) is 0 Å². The molecule has 1 aromatic heterocycles. The normalized spacial score (nSPS) is 17.9. The molecule has 0 N–H and O–H groups in total. The molecule has 0 aliphatic heterocycles. The molecular formula is C13H22ClN3. The van der Waals surface area contributed by atoms with Gasteiger partial charge in [-0.25, -0.2) is 0 Å². The molecule has 1 fully saturated rings. The zero-order valence-corrected chi connectivity index (χ0v) is 11.6. The summed E-state index contributed by atoms with van der Waals surface area (Å²) >= 11 is 6.10. The van der Waals surface area contributed by atoms with Crippen LogP contribution < -0.4 is 0 Å². The highest BCUT2D eigenvalue weighted by Crippen LogP contribution is 2.27. The van der Waals surface area contributed by atoms with Crippen LogP contribution in [-0.4, -0.2) is 14.8 Å². The van der Waals surface area contributed by atoms with Crippen LogP contribution in [0.3, 0.4) is 0 Å². The largest absolute Gasteiger partial charge is 0.302 e. The van der Waals surface area contributed by atoms with Crippen LogP contribution in [0.25, 0.3) is 0 Å². The zero-order chi connectivity index (χ0) is 12.3. The van der Waals surface area contributed by atoms with E-state index < -0.39 is 0 Å². The van der Waals surface area contributed by atoms with Crippen molar-refractivity contribution < 1.29 is 0 Å². The molecular weight excluding hydrogens is 234 g/mol. The molecule has 96 valence electrons. The summed E-state index contributed by atoms with van der Waals surface area (Å²) in [5.41, 5.74) is 0. The monoisotopic (exact) mass is 255 g/mol. The van der Waals surface area contributed by atoms with Crippen molar-refractivity contribution in [2.45, 2.75) is 64.8 Å². The van der Waals surface area contributed by atoms with Crippen LogP contribution in [0.5, 0.6) is 0 Å². The van der Waals surface area contributed by atoms with Crippen LogP contribution in [0.2, 0.25) is 5.28 Å². The highest BCUT2D eigenvalue weighted by molar-refractivity contribution is 6.28. The molecule has 1 aliphatic rings. The van der Waals surface area contributed by atoms with E-state index in [0.29, 0.717) is 11.2 Å². The summed E-state index contributed by atoms with van der Waals surface area (Å²) in [6, 6.07) is 0. The average molecular weight is 256 g/mol. The van der Waals surface area contributed by atoms with Crippen LogP contribution >= 0.6 is 11.6 Å². The first-order valence-electron chi connectivity index (χ1n) is 6.77. The van der Waals surface area contributed by atoms with E-state index in [1.165, 1.54) is 38.5 Å². The average Bonchev–Trinajstić information content (AvgIpc) is 2.69. The molecule has 1 heterocycles. The molecule has 1 saturated carbocycles. The molecule has 0 spiro atoms. The second-order valence-electron chi connectivity index (χ2n) is 5.43. The number of nitrogens with zero attached hydrogens (tertiary/aromatic N) is 3. The fraction of sp³-hybridized carbons (Fsp3) is 0.846. The molecule has 17 heavy (non-hydrogen) atoms. The second-order valence-corrected chi connectivity index (χ2v) is 5.76. The number of hydrogen-bond donors (Lipinski definition) is 0. The lowest BCUT2D eigenvalue weighted by atomic mass is 9.87. The van der Waals surface area contributed by atoms with Crippen molar-refractivity contribution in [2.24, 2.45) is 5.92 Å². The molecule has 0 unspecified atom stereocenters. The van der Waals surface area contributed by atoms with Gasteiger partial charge >= 0.3 is 0 Å². The smallest absolute Gasteiger partial charge is 0.225 e. The van der Waals surface area contributed by atoms with E-state index in [9.17, 15) is 0 Å². The molecule has 2 rings (SSSR count). The minimum Gasteiger partial charge on any atom is -0.302 e. The summed E-state index contributed by atoms with van der Waals surface area (Å²) in [6.07, 6.45) is 8.21. The Kier molecular flexibility index (Phi) is 4.43.